The summed E-state index contributed by atoms with van der Waals surface area (Å²) >= 11 is 0. The van der Waals surface area contributed by atoms with E-state index < -0.39 is 0 Å². The molecular weight excluding hydrogens is 276 g/mol. The normalized spacial score (nSPS) is 13.4. The zero-order valence-corrected chi connectivity index (χ0v) is 13.1. The number of aromatic hydroxyl groups is 1. The molecule has 0 heterocycles. The number of hydrogen-bond acceptors (Lipinski definition) is 3. The maximum Gasteiger partial charge on any atom is 0.221 e. The summed E-state index contributed by atoms with van der Waals surface area (Å²) in [6, 6.07) is 15.3. The number of hydrogen-bond donors (Lipinski definition) is 3. The van der Waals surface area contributed by atoms with Crippen molar-refractivity contribution in [2.45, 2.75) is 32.9 Å². The molecule has 4 nitrogen and oxygen atoms in total. The van der Waals surface area contributed by atoms with Crippen LogP contribution in [0.15, 0.2) is 48.5 Å². The van der Waals surface area contributed by atoms with Gasteiger partial charge in [-0.3, -0.25) is 4.79 Å². The van der Waals surface area contributed by atoms with Crippen LogP contribution in [0.5, 0.6) is 5.75 Å². The molecule has 2 unspecified atom stereocenters. The van der Waals surface area contributed by atoms with E-state index in [0.29, 0.717) is 0 Å². The largest absolute Gasteiger partial charge is 0.508 e. The molecule has 4 heteroatoms. The third kappa shape index (κ3) is 4.33. The van der Waals surface area contributed by atoms with Gasteiger partial charge in [-0.05, 0) is 49.2 Å². The molecule has 2 aromatic rings. The molecule has 0 saturated heterocycles. The molecular formula is C18H22N2O2. The van der Waals surface area contributed by atoms with Crippen LogP contribution in [0.2, 0.25) is 0 Å². The van der Waals surface area contributed by atoms with Gasteiger partial charge in [0.15, 0.2) is 0 Å². The molecule has 2 atom stereocenters. The van der Waals surface area contributed by atoms with E-state index in [0.717, 1.165) is 16.8 Å². The van der Waals surface area contributed by atoms with E-state index in [1.165, 1.54) is 6.92 Å². The minimum Gasteiger partial charge on any atom is -0.508 e. The van der Waals surface area contributed by atoms with Crippen LogP contribution in [0.4, 0.5) is 5.69 Å². The monoisotopic (exact) mass is 298 g/mol. The van der Waals surface area contributed by atoms with Crippen LogP contribution in [-0.4, -0.2) is 11.0 Å². The lowest BCUT2D eigenvalue weighted by molar-refractivity contribution is -0.114. The van der Waals surface area contributed by atoms with Crippen molar-refractivity contribution < 1.29 is 9.90 Å². The molecule has 2 rings (SSSR count). The highest BCUT2D eigenvalue weighted by molar-refractivity contribution is 5.88. The van der Waals surface area contributed by atoms with Crippen molar-refractivity contribution in [3.63, 3.8) is 0 Å². The van der Waals surface area contributed by atoms with Crippen molar-refractivity contribution in [1.82, 2.24) is 5.32 Å². The Morgan fingerprint density at radius 1 is 1.00 bits per heavy atom. The maximum absolute atomic E-state index is 11.1. The van der Waals surface area contributed by atoms with Crippen molar-refractivity contribution >= 4 is 11.6 Å². The average Bonchev–Trinajstić information content (AvgIpc) is 2.46. The fourth-order valence-electron chi connectivity index (χ4n) is 2.45. The number of rotatable bonds is 5. The van der Waals surface area contributed by atoms with Crippen molar-refractivity contribution in [3.05, 3.63) is 59.7 Å². The summed E-state index contributed by atoms with van der Waals surface area (Å²) in [5.74, 6) is 0.192. The van der Waals surface area contributed by atoms with Gasteiger partial charge in [0.2, 0.25) is 5.91 Å². The first-order valence-corrected chi connectivity index (χ1v) is 7.38. The van der Waals surface area contributed by atoms with E-state index in [9.17, 15) is 9.90 Å². The lowest BCUT2D eigenvalue weighted by Crippen LogP contribution is -2.22. The first-order valence-electron chi connectivity index (χ1n) is 7.38. The van der Waals surface area contributed by atoms with Crippen LogP contribution < -0.4 is 10.6 Å². The SMILES string of the molecule is CC(=O)Nc1cccc(C(C)NC(C)c2cccc(O)c2)c1. The van der Waals surface area contributed by atoms with E-state index in [-0.39, 0.29) is 23.7 Å². The highest BCUT2D eigenvalue weighted by atomic mass is 16.3. The van der Waals surface area contributed by atoms with E-state index in [1.54, 1.807) is 12.1 Å². The lowest BCUT2D eigenvalue weighted by atomic mass is 10.0. The Balaban J connectivity index is 2.08. The zero-order valence-electron chi connectivity index (χ0n) is 13.1. The van der Waals surface area contributed by atoms with Gasteiger partial charge in [0.1, 0.15) is 5.75 Å². The Bertz CT molecular complexity index is 655. The van der Waals surface area contributed by atoms with Crippen LogP contribution in [0.1, 0.15) is 44.0 Å². The predicted molar refractivity (Wildman–Crippen MR) is 88.8 cm³/mol. The fourth-order valence-corrected chi connectivity index (χ4v) is 2.45. The number of carbonyl (C=O) groups is 1. The van der Waals surface area contributed by atoms with E-state index in [4.69, 9.17) is 0 Å². The van der Waals surface area contributed by atoms with E-state index >= 15 is 0 Å². The minimum absolute atomic E-state index is 0.0779. The van der Waals surface area contributed by atoms with Crippen molar-refractivity contribution in [2.24, 2.45) is 0 Å². The van der Waals surface area contributed by atoms with E-state index in [2.05, 4.69) is 24.5 Å². The Labute approximate surface area is 131 Å². The summed E-state index contributed by atoms with van der Waals surface area (Å²) in [4.78, 5) is 11.1. The molecule has 0 radical (unpaired) electrons. The van der Waals surface area contributed by atoms with Gasteiger partial charge in [-0.15, -0.1) is 0 Å². The Morgan fingerprint density at radius 3 is 2.18 bits per heavy atom. The molecule has 0 aromatic heterocycles. The number of carbonyl (C=O) groups excluding carboxylic acids is 1. The molecule has 116 valence electrons. The van der Waals surface area contributed by atoms with Gasteiger partial charge in [-0.25, -0.2) is 0 Å². The Morgan fingerprint density at radius 2 is 1.59 bits per heavy atom. The Hall–Kier alpha value is -2.33. The molecule has 0 fully saturated rings. The number of anilines is 1. The average molecular weight is 298 g/mol. The van der Waals surface area contributed by atoms with Crippen LogP contribution >= 0.6 is 0 Å². The van der Waals surface area contributed by atoms with Gasteiger partial charge in [-0.2, -0.15) is 0 Å². The summed E-state index contributed by atoms with van der Waals surface area (Å²) in [5.41, 5.74) is 2.92. The van der Waals surface area contributed by atoms with Crippen LogP contribution in [0.3, 0.4) is 0 Å². The third-order valence-corrected chi connectivity index (χ3v) is 3.58. The first-order chi connectivity index (χ1) is 10.5. The molecule has 0 aliphatic rings. The maximum atomic E-state index is 11.1. The number of amides is 1. The molecule has 0 bridgehead atoms. The topological polar surface area (TPSA) is 61.4 Å². The molecule has 0 aliphatic heterocycles. The molecule has 0 saturated carbocycles. The summed E-state index contributed by atoms with van der Waals surface area (Å²) < 4.78 is 0. The van der Waals surface area contributed by atoms with Gasteiger partial charge in [0.05, 0.1) is 0 Å². The smallest absolute Gasteiger partial charge is 0.221 e. The number of benzene rings is 2. The number of nitrogens with one attached hydrogen (secondary N) is 2. The molecule has 3 N–H and O–H groups in total. The molecule has 0 spiro atoms. The second-order valence-corrected chi connectivity index (χ2v) is 5.51. The third-order valence-electron chi connectivity index (χ3n) is 3.58. The fraction of sp³-hybridized carbons (Fsp3) is 0.278. The lowest BCUT2D eigenvalue weighted by Gasteiger charge is -2.21. The van der Waals surface area contributed by atoms with Gasteiger partial charge in [-0.1, -0.05) is 24.3 Å². The molecule has 22 heavy (non-hydrogen) atoms. The quantitative estimate of drug-likeness (QED) is 0.787. The van der Waals surface area contributed by atoms with Crippen molar-refractivity contribution in [2.75, 3.05) is 5.32 Å². The number of phenols is 1. The molecule has 0 aliphatic carbocycles. The van der Waals surface area contributed by atoms with Crippen LogP contribution in [0, 0.1) is 0 Å². The summed E-state index contributed by atoms with van der Waals surface area (Å²) in [7, 11) is 0. The minimum atomic E-state index is -0.0779. The summed E-state index contributed by atoms with van der Waals surface area (Å²) in [5, 5.41) is 15.9. The Kier molecular flexibility index (Phi) is 5.17. The summed E-state index contributed by atoms with van der Waals surface area (Å²) in [6.45, 7) is 5.63. The van der Waals surface area contributed by atoms with Crippen molar-refractivity contribution in [3.8, 4) is 5.75 Å². The number of phenolic OH excluding ortho intramolecular Hbond substituents is 1. The van der Waals surface area contributed by atoms with E-state index in [1.807, 2.05) is 36.4 Å². The highest BCUT2D eigenvalue weighted by Gasteiger charge is 2.12. The first kappa shape index (κ1) is 16.0. The second kappa shape index (κ2) is 7.09. The van der Waals surface area contributed by atoms with Gasteiger partial charge < -0.3 is 15.7 Å². The van der Waals surface area contributed by atoms with Gasteiger partial charge in [0, 0.05) is 24.7 Å². The molecule has 1 amide bonds. The van der Waals surface area contributed by atoms with Crippen LogP contribution in [0.25, 0.3) is 0 Å². The van der Waals surface area contributed by atoms with Gasteiger partial charge >= 0.3 is 0 Å². The summed E-state index contributed by atoms with van der Waals surface area (Å²) in [6.07, 6.45) is 0. The molecule has 2 aromatic carbocycles. The standard InChI is InChI=1S/C18H22N2O2/c1-12(15-6-4-8-17(10-15)20-14(3)21)19-13(2)16-7-5-9-18(22)11-16/h4-13,19,22H,1-3H3,(H,20,21). The van der Waals surface area contributed by atoms with Gasteiger partial charge in [0.25, 0.3) is 0 Å². The predicted octanol–water partition coefficient (Wildman–Crippen LogP) is 3.76. The second-order valence-electron chi connectivity index (χ2n) is 5.51. The zero-order chi connectivity index (χ0) is 16.1. The highest BCUT2D eigenvalue weighted by Crippen LogP contribution is 2.23. The van der Waals surface area contributed by atoms with Crippen LogP contribution in [-0.2, 0) is 4.79 Å². The van der Waals surface area contributed by atoms with Crippen molar-refractivity contribution in [1.29, 1.82) is 0 Å².